The Bertz CT molecular complexity index is 578. The predicted octanol–water partition coefficient (Wildman–Crippen LogP) is 2.73. The molecule has 0 amide bonds. The first-order chi connectivity index (χ1) is 9.08. The smallest absolute Gasteiger partial charge is 0.336 e. The first-order valence-corrected chi connectivity index (χ1v) is 5.89. The number of carbonyl (C=O) groups is 1. The third-order valence-corrected chi connectivity index (χ3v) is 2.95. The van der Waals surface area contributed by atoms with Gasteiger partial charge in [0.1, 0.15) is 5.75 Å². The van der Waals surface area contributed by atoms with Gasteiger partial charge in [-0.25, -0.2) is 4.79 Å². The quantitative estimate of drug-likeness (QED) is 0.884. The Kier molecular flexibility index (Phi) is 3.71. The van der Waals surface area contributed by atoms with Crippen LogP contribution in [0.2, 0.25) is 0 Å². The minimum Gasteiger partial charge on any atom is -0.508 e. The van der Waals surface area contributed by atoms with Gasteiger partial charge in [-0.15, -0.1) is 0 Å². The Balaban J connectivity index is 2.21. The highest BCUT2D eigenvalue weighted by atomic mass is 16.4. The summed E-state index contributed by atoms with van der Waals surface area (Å²) < 4.78 is 0. The van der Waals surface area contributed by atoms with Gasteiger partial charge in [-0.2, -0.15) is 0 Å². The van der Waals surface area contributed by atoms with Crippen molar-refractivity contribution in [3.8, 4) is 5.75 Å². The maximum Gasteiger partial charge on any atom is 0.336 e. The lowest BCUT2D eigenvalue weighted by Gasteiger charge is -2.20. The molecule has 0 unspecified atom stereocenters. The fourth-order valence-corrected chi connectivity index (χ4v) is 1.92. The molecule has 0 saturated heterocycles. The van der Waals surface area contributed by atoms with E-state index in [0.717, 1.165) is 11.3 Å². The monoisotopic (exact) mass is 257 g/mol. The van der Waals surface area contributed by atoms with Gasteiger partial charge in [0.15, 0.2) is 0 Å². The van der Waals surface area contributed by atoms with Crippen molar-refractivity contribution in [2.24, 2.45) is 0 Å². The van der Waals surface area contributed by atoms with Crippen LogP contribution >= 0.6 is 0 Å². The lowest BCUT2D eigenvalue weighted by atomic mass is 10.1. The molecule has 2 aromatic rings. The second kappa shape index (κ2) is 5.44. The van der Waals surface area contributed by atoms with Crippen LogP contribution in [0.15, 0.2) is 48.5 Å². The van der Waals surface area contributed by atoms with E-state index in [2.05, 4.69) is 0 Å². The molecule has 0 heterocycles. The lowest BCUT2D eigenvalue weighted by Crippen LogP contribution is -2.18. The third-order valence-electron chi connectivity index (χ3n) is 2.95. The molecule has 0 saturated carbocycles. The first kappa shape index (κ1) is 13.0. The lowest BCUT2D eigenvalue weighted by molar-refractivity contribution is 0.0695. The molecule has 2 N–H and O–H groups in total. The number of carboxylic acid groups (broad SMARTS) is 1. The molecule has 0 aliphatic heterocycles. The van der Waals surface area contributed by atoms with Crippen molar-refractivity contribution in [2.45, 2.75) is 6.54 Å². The highest BCUT2D eigenvalue weighted by Gasteiger charge is 2.11. The Morgan fingerprint density at radius 3 is 2.37 bits per heavy atom. The summed E-state index contributed by atoms with van der Waals surface area (Å²) in [6.07, 6.45) is 0. The zero-order valence-corrected chi connectivity index (χ0v) is 10.6. The number of phenolic OH excluding ortho intramolecular Hbond substituents is 1. The van der Waals surface area contributed by atoms with Gasteiger partial charge in [-0.3, -0.25) is 0 Å². The second-order valence-corrected chi connectivity index (χ2v) is 4.33. The molecule has 4 nitrogen and oxygen atoms in total. The Hall–Kier alpha value is -2.49. The molecule has 0 atom stereocenters. The van der Waals surface area contributed by atoms with Crippen LogP contribution in [0.3, 0.4) is 0 Å². The fourth-order valence-electron chi connectivity index (χ4n) is 1.92. The number of nitrogens with zero attached hydrogens (tertiary/aromatic N) is 1. The zero-order chi connectivity index (χ0) is 13.8. The number of anilines is 1. The van der Waals surface area contributed by atoms with Gasteiger partial charge in [0.25, 0.3) is 0 Å². The number of carboxylic acids is 1. The van der Waals surface area contributed by atoms with Gasteiger partial charge in [-0.1, -0.05) is 18.2 Å². The van der Waals surface area contributed by atoms with Crippen molar-refractivity contribution in [1.82, 2.24) is 0 Å². The van der Waals surface area contributed by atoms with Gasteiger partial charge in [0.05, 0.1) is 5.56 Å². The average molecular weight is 257 g/mol. The molecular formula is C15H15NO3. The first-order valence-electron chi connectivity index (χ1n) is 5.89. The van der Waals surface area contributed by atoms with Gasteiger partial charge in [0, 0.05) is 19.3 Å². The van der Waals surface area contributed by atoms with E-state index >= 15 is 0 Å². The van der Waals surface area contributed by atoms with Gasteiger partial charge in [0.2, 0.25) is 0 Å². The second-order valence-electron chi connectivity index (χ2n) is 4.33. The van der Waals surface area contributed by atoms with Crippen molar-refractivity contribution >= 4 is 11.7 Å². The summed E-state index contributed by atoms with van der Waals surface area (Å²) in [5, 5.41) is 18.4. The average Bonchev–Trinajstić information content (AvgIpc) is 2.39. The minimum absolute atomic E-state index is 0.211. The van der Waals surface area contributed by atoms with Crippen molar-refractivity contribution in [3.05, 3.63) is 59.7 Å². The highest BCUT2D eigenvalue weighted by molar-refractivity contribution is 5.89. The van der Waals surface area contributed by atoms with Crippen molar-refractivity contribution in [2.75, 3.05) is 11.9 Å². The molecule has 0 bridgehead atoms. The van der Waals surface area contributed by atoms with E-state index in [1.807, 2.05) is 18.0 Å². The summed E-state index contributed by atoms with van der Waals surface area (Å²) in [7, 11) is 1.88. The molecule has 0 aromatic heterocycles. The van der Waals surface area contributed by atoms with Crippen molar-refractivity contribution in [1.29, 1.82) is 0 Å². The molecule has 0 fully saturated rings. The number of hydrogen-bond acceptors (Lipinski definition) is 3. The van der Waals surface area contributed by atoms with E-state index in [4.69, 9.17) is 5.11 Å². The number of hydrogen-bond donors (Lipinski definition) is 2. The molecule has 0 aliphatic rings. The predicted molar refractivity (Wildman–Crippen MR) is 73.6 cm³/mol. The van der Waals surface area contributed by atoms with Crippen LogP contribution in [-0.4, -0.2) is 23.2 Å². The van der Waals surface area contributed by atoms with E-state index in [9.17, 15) is 9.90 Å². The van der Waals surface area contributed by atoms with Crippen LogP contribution in [-0.2, 0) is 6.54 Å². The minimum atomic E-state index is -0.922. The molecule has 19 heavy (non-hydrogen) atoms. The number of rotatable bonds is 4. The van der Waals surface area contributed by atoms with Crippen LogP contribution in [0.5, 0.6) is 5.75 Å². The SMILES string of the molecule is CN(Cc1ccccc1C(=O)O)c1ccc(O)cc1. The van der Waals surface area contributed by atoms with E-state index in [0.29, 0.717) is 12.1 Å². The number of aromatic hydroxyl groups is 1. The molecule has 0 aliphatic carbocycles. The van der Waals surface area contributed by atoms with Gasteiger partial charge in [-0.05, 0) is 35.9 Å². The van der Waals surface area contributed by atoms with Crippen LogP contribution in [0.25, 0.3) is 0 Å². The van der Waals surface area contributed by atoms with Crippen molar-refractivity contribution < 1.29 is 15.0 Å². The van der Waals surface area contributed by atoms with Gasteiger partial charge >= 0.3 is 5.97 Å². The molecule has 2 aromatic carbocycles. The molecular weight excluding hydrogens is 242 g/mol. The number of benzene rings is 2. The van der Waals surface area contributed by atoms with Crippen LogP contribution in [0.4, 0.5) is 5.69 Å². The standard InChI is InChI=1S/C15H15NO3/c1-16(12-6-8-13(17)9-7-12)10-11-4-2-3-5-14(11)15(18)19/h2-9,17H,10H2,1H3,(H,18,19). The summed E-state index contributed by atoms with van der Waals surface area (Å²) in [5.41, 5.74) is 1.98. The Labute approximate surface area is 111 Å². The van der Waals surface area contributed by atoms with Crippen molar-refractivity contribution in [3.63, 3.8) is 0 Å². The fraction of sp³-hybridized carbons (Fsp3) is 0.133. The Morgan fingerprint density at radius 2 is 1.74 bits per heavy atom. The van der Waals surface area contributed by atoms with E-state index in [1.54, 1.807) is 42.5 Å². The van der Waals surface area contributed by atoms with Crippen LogP contribution < -0.4 is 4.90 Å². The largest absolute Gasteiger partial charge is 0.508 e. The normalized spacial score (nSPS) is 10.2. The van der Waals surface area contributed by atoms with Crippen LogP contribution in [0, 0.1) is 0 Å². The summed E-state index contributed by atoms with van der Waals surface area (Å²) in [6.45, 7) is 0.493. The summed E-state index contributed by atoms with van der Waals surface area (Å²) >= 11 is 0. The summed E-state index contributed by atoms with van der Waals surface area (Å²) in [6, 6.07) is 13.7. The summed E-state index contributed by atoms with van der Waals surface area (Å²) in [5.74, 6) is -0.710. The Morgan fingerprint density at radius 1 is 1.11 bits per heavy atom. The van der Waals surface area contributed by atoms with E-state index in [-0.39, 0.29) is 5.75 Å². The highest BCUT2D eigenvalue weighted by Crippen LogP contribution is 2.20. The van der Waals surface area contributed by atoms with Crippen LogP contribution in [0.1, 0.15) is 15.9 Å². The molecule has 98 valence electrons. The number of phenols is 1. The third kappa shape index (κ3) is 3.04. The molecule has 4 heteroatoms. The topological polar surface area (TPSA) is 60.8 Å². The van der Waals surface area contributed by atoms with E-state index in [1.165, 1.54) is 0 Å². The maximum atomic E-state index is 11.1. The molecule has 2 rings (SSSR count). The van der Waals surface area contributed by atoms with E-state index < -0.39 is 5.97 Å². The maximum absolute atomic E-state index is 11.1. The molecule has 0 spiro atoms. The van der Waals surface area contributed by atoms with Gasteiger partial charge < -0.3 is 15.1 Å². The molecule has 0 radical (unpaired) electrons. The summed E-state index contributed by atoms with van der Waals surface area (Å²) in [4.78, 5) is 13.1. The zero-order valence-electron chi connectivity index (χ0n) is 10.6. The number of aromatic carboxylic acids is 1.